The summed E-state index contributed by atoms with van der Waals surface area (Å²) in [5.74, 6) is -0.0112. The molecule has 85 heavy (non-hydrogen) atoms. The highest BCUT2D eigenvalue weighted by atomic mass is 16.5. The lowest BCUT2D eigenvalue weighted by molar-refractivity contribution is -0.143. The number of allylic oxidation sites excluding steroid dienone is 6. The number of rotatable bonds is 73. The second-order valence-corrected chi connectivity index (χ2v) is 26.7. The number of hydrogen-bond donors (Lipinski definition) is 3. The van der Waals surface area contributed by atoms with Gasteiger partial charge in [-0.1, -0.05) is 371 Å². The predicted molar refractivity (Wildman–Crippen MR) is 375 cm³/mol. The van der Waals surface area contributed by atoms with Crippen molar-refractivity contribution in [1.82, 2.24) is 5.32 Å². The van der Waals surface area contributed by atoms with Crippen LogP contribution in [0.5, 0.6) is 0 Å². The molecule has 0 radical (unpaired) electrons. The van der Waals surface area contributed by atoms with E-state index < -0.39 is 12.1 Å². The molecular formula is C79H151NO5. The first-order chi connectivity index (χ1) is 42.0. The van der Waals surface area contributed by atoms with Crippen molar-refractivity contribution in [1.29, 1.82) is 0 Å². The zero-order valence-electron chi connectivity index (χ0n) is 57.6. The fourth-order valence-electron chi connectivity index (χ4n) is 12.3. The number of aliphatic hydroxyl groups is 2. The summed E-state index contributed by atoms with van der Waals surface area (Å²) in [5, 5.41) is 23.2. The summed E-state index contributed by atoms with van der Waals surface area (Å²) in [6, 6.07) is -0.537. The van der Waals surface area contributed by atoms with Crippen LogP contribution in [0.3, 0.4) is 0 Å². The number of unbranched alkanes of at least 4 members (excludes halogenated alkanes) is 56. The van der Waals surface area contributed by atoms with E-state index in [0.29, 0.717) is 25.9 Å². The van der Waals surface area contributed by atoms with Gasteiger partial charge < -0.3 is 20.3 Å². The van der Waals surface area contributed by atoms with E-state index in [9.17, 15) is 19.8 Å². The molecule has 0 rings (SSSR count). The summed E-state index contributed by atoms with van der Waals surface area (Å²) in [5.41, 5.74) is 0. The Morgan fingerprint density at radius 2 is 0.588 bits per heavy atom. The molecule has 1 amide bonds. The molecule has 0 aliphatic rings. The van der Waals surface area contributed by atoms with Crippen LogP contribution in [0.2, 0.25) is 0 Å². The zero-order chi connectivity index (χ0) is 61.3. The van der Waals surface area contributed by atoms with Crippen molar-refractivity contribution in [2.24, 2.45) is 0 Å². The van der Waals surface area contributed by atoms with Crippen molar-refractivity contribution < 1.29 is 24.5 Å². The summed E-state index contributed by atoms with van der Waals surface area (Å²) < 4.78 is 5.52. The molecule has 0 bridgehead atoms. The molecule has 0 saturated heterocycles. The lowest BCUT2D eigenvalue weighted by Gasteiger charge is -2.22. The van der Waals surface area contributed by atoms with E-state index in [4.69, 9.17) is 4.74 Å². The van der Waals surface area contributed by atoms with Crippen LogP contribution in [0.15, 0.2) is 36.5 Å². The summed E-state index contributed by atoms with van der Waals surface area (Å²) in [4.78, 5) is 24.6. The average Bonchev–Trinajstić information content (AvgIpc) is 3.51. The lowest BCUT2D eigenvalue weighted by Crippen LogP contribution is -2.45. The van der Waals surface area contributed by atoms with Crippen molar-refractivity contribution in [2.45, 2.75) is 443 Å². The maximum atomic E-state index is 12.5. The SMILES string of the molecule is CCCCCCCC/C=C\CCCCCCCCCCCC(=O)OCCCCCCCCCCCCCCCCC/C=C\C/C=C\CCCCCCCCCCCCCCCCCCCC(=O)NC(CO)C(O)CCCCCCCCCCCC. The van der Waals surface area contributed by atoms with Crippen molar-refractivity contribution in [3.8, 4) is 0 Å². The molecule has 3 N–H and O–H groups in total. The Morgan fingerprint density at radius 1 is 0.329 bits per heavy atom. The Labute approximate surface area is 532 Å². The van der Waals surface area contributed by atoms with Crippen molar-refractivity contribution in [3.05, 3.63) is 36.5 Å². The van der Waals surface area contributed by atoms with Gasteiger partial charge >= 0.3 is 5.97 Å². The van der Waals surface area contributed by atoms with Crippen LogP contribution in [-0.2, 0) is 14.3 Å². The second kappa shape index (κ2) is 74.5. The van der Waals surface area contributed by atoms with Crippen LogP contribution in [0.1, 0.15) is 431 Å². The fraction of sp³-hybridized carbons (Fsp3) is 0.899. The Morgan fingerprint density at radius 3 is 0.906 bits per heavy atom. The average molecular weight is 1200 g/mol. The van der Waals surface area contributed by atoms with E-state index in [2.05, 4.69) is 55.6 Å². The van der Waals surface area contributed by atoms with Crippen molar-refractivity contribution in [2.75, 3.05) is 13.2 Å². The standard InChI is InChI=1S/C79H151NO5/c1-3-5-7-9-11-13-15-16-17-18-40-44-47-50-53-57-61-65-69-73-79(84)85-74-70-66-62-58-54-51-48-45-42-39-37-35-33-31-29-27-25-23-21-19-20-22-24-26-28-30-32-34-36-38-41-43-46-49-52-56-60-64-68-72-78(83)80-76(75-81)77(82)71-67-63-59-55-14-12-10-8-6-4-2/h16-17,19-20,23,25,76-77,81-82H,3-15,18,21-22,24,26-75H2,1-2H3,(H,80,83)/b17-16-,20-19-,25-23-. The normalized spacial score (nSPS) is 12.7. The first-order valence-electron chi connectivity index (χ1n) is 38.7. The molecule has 0 saturated carbocycles. The van der Waals surface area contributed by atoms with E-state index in [0.717, 1.165) is 44.9 Å². The molecular weight excluding hydrogens is 1040 g/mol. The van der Waals surface area contributed by atoms with Crippen LogP contribution in [0.25, 0.3) is 0 Å². The summed E-state index contributed by atoms with van der Waals surface area (Å²) >= 11 is 0. The molecule has 0 fully saturated rings. The topological polar surface area (TPSA) is 95.9 Å². The molecule has 0 aromatic rings. The van der Waals surface area contributed by atoms with E-state index in [1.807, 2.05) is 0 Å². The van der Waals surface area contributed by atoms with Gasteiger partial charge in [0, 0.05) is 12.8 Å². The lowest BCUT2D eigenvalue weighted by atomic mass is 10.0. The number of hydrogen-bond acceptors (Lipinski definition) is 5. The van der Waals surface area contributed by atoms with Gasteiger partial charge in [0.2, 0.25) is 5.91 Å². The summed E-state index contributed by atoms with van der Waals surface area (Å²) in [6.07, 6.45) is 96.8. The minimum atomic E-state index is -0.660. The number of aliphatic hydroxyl groups excluding tert-OH is 2. The molecule has 2 unspecified atom stereocenters. The van der Waals surface area contributed by atoms with Gasteiger partial charge in [-0.05, 0) is 83.5 Å². The molecule has 2 atom stereocenters. The van der Waals surface area contributed by atoms with E-state index in [1.54, 1.807) is 0 Å². The highest BCUT2D eigenvalue weighted by Gasteiger charge is 2.20. The molecule has 502 valence electrons. The van der Waals surface area contributed by atoms with Gasteiger partial charge in [-0.3, -0.25) is 9.59 Å². The van der Waals surface area contributed by atoms with Crippen LogP contribution < -0.4 is 5.32 Å². The largest absolute Gasteiger partial charge is 0.466 e. The minimum Gasteiger partial charge on any atom is -0.466 e. The van der Waals surface area contributed by atoms with Gasteiger partial charge in [-0.25, -0.2) is 0 Å². The number of ether oxygens (including phenoxy) is 1. The number of nitrogens with one attached hydrogen (secondary N) is 1. The van der Waals surface area contributed by atoms with Crippen molar-refractivity contribution >= 4 is 11.9 Å². The summed E-state index contributed by atoms with van der Waals surface area (Å²) in [7, 11) is 0. The zero-order valence-corrected chi connectivity index (χ0v) is 57.6. The quantitative estimate of drug-likeness (QED) is 0.0320. The highest BCUT2D eigenvalue weighted by molar-refractivity contribution is 5.76. The molecule has 6 heteroatoms. The molecule has 0 heterocycles. The Balaban J connectivity index is 3.32. The number of esters is 1. The van der Waals surface area contributed by atoms with Crippen LogP contribution in [0, 0.1) is 0 Å². The van der Waals surface area contributed by atoms with E-state index in [1.165, 1.54) is 353 Å². The Kier molecular flexibility index (Phi) is 72.9. The monoisotopic (exact) mass is 1190 g/mol. The molecule has 0 aromatic carbocycles. The minimum absolute atomic E-state index is 0.0205. The van der Waals surface area contributed by atoms with Crippen LogP contribution >= 0.6 is 0 Å². The third-order valence-electron chi connectivity index (χ3n) is 18.2. The molecule has 6 nitrogen and oxygen atoms in total. The summed E-state index contributed by atoms with van der Waals surface area (Å²) in [6.45, 7) is 4.97. The Hall–Kier alpha value is -1.92. The van der Waals surface area contributed by atoms with Gasteiger partial charge in [0.1, 0.15) is 0 Å². The van der Waals surface area contributed by atoms with Gasteiger partial charge in [-0.15, -0.1) is 0 Å². The number of amides is 1. The maximum Gasteiger partial charge on any atom is 0.305 e. The van der Waals surface area contributed by atoms with Crippen LogP contribution in [-0.4, -0.2) is 47.4 Å². The van der Waals surface area contributed by atoms with Crippen LogP contribution in [0.4, 0.5) is 0 Å². The number of carbonyl (C=O) groups excluding carboxylic acids is 2. The van der Waals surface area contributed by atoms with Gasteiger partial charge in [0.05, 0.1) is 25.4 Å². The highest BCUT2D eigenvalue weighted by Crippen LogP contribution is 2.19. The van der Waals surface area contributed by atoms with Gasteiger partial charge in [0.15, 0.2) is 0 Å². The molecule has 0 spiro atoms. The molecule has 0 aliphatic heterocycles. The van der Waals surface area contributed by atoms with Gasteiger partial charge in [0.25, 0.3) is 0 Å². The third-order valence-corrected chi connectivity index (χ3v) is 18.2. The maximum absolute atomic E-state index is 12.5. The molecule has 0 aromatic heterocycles. The second-order valence-electron chi connectivity index (χ2n) is 26.7. The molecule has 0 aliphatic carbocycles. The first-order valence-corrected chi connectivity index (χ1v) is 38.7. The fourth-order valence-corrected chi connectivity index (χ4v) is 12.3. The predicted octanol–water partition coefficient (Wildman–Crippen LogP) is 25.4. The number of carbonyl (C=O) groups is 2. The first kappa shape index (κ1) is 83.1. The smallest absolute Gasteiger partial charge is 0.305 e. The third kappa shape index (κ3) is 71.0. The van der Waals surface area contributed by atoms with Gasteiger partial charge in [-0.2, -0.15) is 0 Å². The van der Waals surface area contributed by atoms with E-state index in [-0.39, 0.29) is 18.5 Å². The van der Waals surface area contributed by atoms with Crippen molar-refractivity contribution in [3.63, 3.8) is 0 Å². The Bertz CT molecular complexity index is 1380. The van der Waals surface area contributed by atoms with E-state index >= 15 is 0 Å².